The standard InChI is InChI=1S/C10H9F4NO/c11-8(12)10(13,14)9(15)16-6-7-4-2-1-3-5-7/h1-5,8,15H,6H2. The maximum Gasteiger partial charge on any atom is 0.380 e. The molecule has 1 rings (SSSR count). The van der Waals surface area contributed by atoms with Gasteiger partial charge in [-0.3, -0.25) is 5.41 Å². The van der Waals surface area contributed by atoms with Gasteiger partial charge in [0.1, 0.15) is 6.61 Å². The van der Waals surface area contributed by atoms with Crippen LogP contribution in [0.25, 0.3) is 0 Å². The van der Waals surface area contributed by atoms with E-state index in [-0.39, 0.29) is 6.61 Å². The summed E-state index contributed by atoms with van der Waals surface area (Å²) in [4.78, 5) is 0. The number of alkyl halides is 4. The van der Waals surface area contributed by atoms with Crippen LogP contribution in [-0.4, -0.2) is 18.2 Å². The molecule has 0 radical (unpaired) electrons. The molecule has 1 aromatic rings. The molecule has 0 aliphatic heterocycles. The second kappa shape index (κ2) is 4.96. The lowest BCUT2D eigenvalue weighted by molar-refractivity contribution is -0.0903. The van der Waals surface area contributed by atoms with Crippen LogP contribution >= 0.6 is 0 Å². The Morgan fingerprint density at radius 3 is 2.31 bits per heavy atom. The quantitative estimate of drug-likeness (QED) is 0.485. The molecule has 0 spiro atoms. The summed E-state index contributed by atoms with van der Waals surface area (Å²) < 4.78 is 53.0. The first-order chi connectivity index (χ1) is 7.44. The Bertz CT molecular complexity index is 353. The van der Waals surface area contributed by atoms with Gasteiger partial charge in [-0.1, -0.05) is 30.3 Å². The minimum Gasteiger partial charge on any atom is -0.472 e. The number of hydrogen-bond acceptors (Lipinski definition) is 2. The minimum atomic E-state index is -4.53. The fourth-order valence-corrected chi connectivity index (χ4v) is 0.925. The van der Waals surface area contributed by atoms with Crippen molar-refractivity contribution >= 4 is 5.90 Å². The SMILES string of the molecule is N=C(OCc1ccccc1)C(F)(F)C(F)F. The lowest BCUT2D eigenvalue weighted by atomic mass is 10.2. The van der Waals surface area contributed by atoms with Gasteiger partial charge in [0.05, 0.1) is 0 Å². The lowest BCUT2D eigenvalue weighted by Crippen LogP contribution is -2.37. The van der Waals surface area contributed by atoms with Gasteiger partial charge in [-0.05, 0) is 5.56 Å². The molecule has 0 heterocycles. The lowest BCUT2D eigenvalue weighted by Gasteiger charge is -2.16. The molecule has 0 saturated carbocycles. The van der Waals surface area contributed by atoms with Gasteiger partial charge in [0.15, 0.2) is 0 Å². The third-order valence-corrected chi connectivity index (χ3v) is 1.80. The molecule has 0 atom stereocenters. The van der Waals surface area contributed by atoms with Gasteiger partial charge in [-0.25, -0.2) is 8.78 Å². The Hall–Kier alpha value is -1.59. The van der Waals surface area contributed by atoms with Crippen LogP contribution in [-0.2, 0) is 11.3 Å². The minimum absolute atomic E-state index is 0.331. The van der Waals surface area contributed by atoms with Crippen molar-refractivity contribution in [3.05, 3.63) is 35.9 Å². The zero-order valence-electron chi connectivity index (χ0n) is 8.09. The number of nitrogens with one attached hydrogen (secondary N) is 1. The third-order valence-electron chi connectivity index (χ3n) is 1.80. The Balaban J connectivity index is 2.54. The normalized spacial score (nSPS) is 11.6. The highest BCUT2D eigenvalue weighted by Gasteiger charge is 2.47. The van der Waals surface area contributed by atoms with E-state index in [0.717, 1.165) is 0 Å². The largest absolute Gasteiger partial charge is 0.472 e. The van der Waals surface area contributed by atoms with E-state index in [1.54, 1.807) is 30.3 Å². The van der Waals surface area contributed by atoms with E-state index in [1.807, 2.05) is 0 Å². The number of hydrogen-bond donors (Lipinski definition) is 1. The van der Waals surface area contributed by atoms with E-state index < -0.39 is 18.2 Å². The van der Waals surface area contributed by atoms with E-state index in [2.05, 4.69) is 4.74 Å². The smallest absolute Gasteiger partial charge is 0.380 e. The summed E-state index contributed by atoms with van der Waals surface area (Å²) in [6.45, 7) is -0.331. The Morgan fingerprint density at radius 2 is 1.81 bits per heavy atom. The van der Waals surface area contributed by atoms with Gasteiger partial charge in [0, 0.05) is 0 Å². The van der Waals surface area contributed by atoms with Gasteiger partial charge < -0.3 is 4.74 Å². The topological polar surface area (TPSA) is 33.1 Å². The summed E-state index contributed by atoms with van der Waals surface area (Å²) in [6, 6.07) is 8.16. The van der Waals surface area contributed by atoms with Crippen molar-refractivity contribution in [2.24, 2.45) is 0 Å². The maximum absolute atomic E-state index is 12.5. The molecule has 0 aliphatic carbocycles. The highest BCUT2D eigenvalue weighted by atomic mass is 19.3. The fourth-order valence-electron chi connectivity index (χ4n) is 0.925. The first kappa shape index (κ1) is 12.5. The summed E-state index contributed by atoms with van der Waals surface area (Å²) in [6.07, 6.45) is -3.93. The molecule has 2 nitrogen and oxygen atoms in total. The summed E-state index contributed by atoms with van der Waals surface area (Å²) in [5, 5.41) is 6.72. The molecule has 1 N–H and O–H groups in total. The molecule has 0 aliphatic rings. The molecule has 1 aromatic carbocycles. The van der Waals surface area contributed by atoms with Crippen molar-refractivity contribution in [3.8, 4) is 0 Å². The molecular weight excluding hydrogens is 226 g/mol. The predicted octanol–water partition coefficient (Wildman–Crippen LogP) is 3.08. The van der Waals surface area contributed by atoms with Crippen LogP contribution < -0.4 is 0 Å². The molecule has 0 aromatic heterocycles. The number of rotatable bonds is 4. The average Bonchev–Trinajstić information content (AvgIpc) is 2.27. The van der Waals surface area contributed by atoms with E-state index in [4.69, 9.17) is 5.41 Å². The molecule has 0 saturated heterocycles. The second-order valence-corrected chi connectivity index (χ2v) is 3.03. The maximum atomic E-state index is 12.5. The zero-order valence-corrected chi connectivity index (χ0v) is 8.09. The zero-order chi connectivity index (χ0) is 12.2. The fraction of sp³-hybridized carbons (Fsp3) is 0.300. The van der Waals surface area contributed by atoms with Crippen LogP contribution in [0.4, 0.5) is 17.6 Å². The molecule has 6 heteroatoms. The van der Waals surface area contributed by atoms with Crippen molar-refractivity contribution in [2.75, 3.05) is 0 Å². The number of halogens is 4. The highest BCUT2D eigenvalue weighted by Crippen LogP contribution is 2.24. The predicted molar refractivity (Wildman–Crippen MR) is 49.9 cm³/mol. The van der Waals surface area contributed by atoms with Crippen molar-refractivity contribution in [1.82, 2.24) is 0 Å². The summed E-state index contributed by atoms with van der Waals surface area (Å²) in [5.74, 6) is -6.25. The molecule has 88 valence electrons. The van der Waals surface area contributed by atoms with E-state index in [1.165, 1.54) is 0 Å². The summed E-state index contributed by atoms with van der Waals surface area (Å²) >= 11 is 0. The number of benzene rings is 1. The van der Waals surface area contributed by atoms with Crippen molar-refractivity contribution in [2.45, 2.75) is 19.0 Å². The Morgan fingerprint density at radius 1 is 1.25 bits per heavy atom. The van der Waals surface area contributed by atoms with Crippen LogP contribution in [0.2, 0.25) is 0 Å². The van der Waals surface area contributed by atoms with Crippen LogP contribution in [0.5, 0.6) is 0 Å². The van der Waals surface area contributed by atoms with Gasteiger partial charge in [0.2, 0.25) is 0 Å². The van der Waals surface area contributed by atoms with Gasteiger partial charge in [-0.2, -0.15) is 8.78 Å². The van der Waals surface area contributed by atoms with Gasteiger partial charge in [-0.15, -0.1) is 0 Å². The van der Waals surface area contributed by atoms with Crippen LogP contribution in [0, 0.1) is 5.41 Å². The van der Waals surface area contributed by atoms with Gasteiger partial charge >= 0.3 is 12.3 Å². The van der Waals surface area contributed by atoms with Crippen molar-refractivity contribution in [1.29, 1.82) is 5.41 Å². The van der Waals surface area contributed by atoms with Crippen LogP contribution in [0.15, 0.2) is 30.3 Å². The second-order valence-electron chi connectivity index (χ2n) is 3.03. The summed E-state index contributed by atoms with van der Waals surface area (Å²) in [5.41, 5.74) is 0.525. The van der Waals surface area contributed by atoms with E-state index in [0.29, 0.717) is 5.56 Å². The van der Waals surface area contributed by atoms with Crippen molar-refractivity contribution in [3.63, 3.8) is 0 Å². The molecule has 16 heavy (non-hydrogen) atoms. The Kier molecular flexibility index (Phi) is 3.87. The third kappa shape index (κ3) is 2.95. The monoisotopic (exact) mass is 235 g/mol. The highest BCUT2D eigenvalue weighted by molar-refractivity contribution is 5.80. The van der Waals surface area contributed by atoms with E-state index in [9.17, 15) is 17.6 Å². The van der Waals surface area contributed by atoms with Crippen molar-refractivity contribution < 1.29 is 22.3 Å². The molecular formula is C10H9F4NO. The van der Waals surface area contributed by atoms with E-state index >= 15 is 0 Å². The first-order valence-corrected chi connectivity index (χ1v) is 4.36. The molecule has 0 fully saturated rings. The average molecular weight is 235 g/mol. The van der Waals surface area contributed by atoms with Crippen LogP contribution in [0.3, 0.4) is 0 Å². The molecule has 0 bridgehead atoms. The summed E-state index contributed by atoms with van der Waals surface area (Å²) in [7, 11) is 0. The molecule has 0 unspecified atom stereocenters. The first-order valence-electron chi connectivity index (χ1n) is 4.36. The molecule has 0 amide bonds. The number of ether oxygens (including phenoxy) is 1. The Labute approximate surface area is 89.4 Å². The van der Waals surface area contributed by atoms with Crippen LogP contribution in [0.1, 0.15) is 5.56 Å². The van der Waals surface area contributed by atoms with Gasteiger partial charge in [0.25, 0.3) is 5.90 Å².